The third kappa shape index (κ3) is 3.36. The maximum Gasteiger partial charge on any atom is 0.251 e. The van der Waals surface area contributed by atoms with Gasteiger partial charge in [0.1, 0.15) is 0 Å². The van der Waals surface area contributed by atoms with Gasteiger partial charge in [-0.05, 0) is 25.2 Å². The number of nitrogens with one attached hydrogen (secondary N) is 2. The molecule has 4 N–H and O–H groups in total. The summed E-state index contributed by atoms with van der Waals surface area (Å²) in [6.07, 6.45) is 0. The highest BCUT2D eigenvalue weighted by Gasteiger charge is 2.15. The van der Waals surface area contributed by atoms with Crippen LogP contribution in [0.15, 0.2) is 18.2 Å². The Morgan fingerprint density at radius 3 is 2.58 bits per heavy atom. The monoisotopic (exact) mass is 263 g/mol. The van der Waals surface area contributed by atoms with Gasteiger partial charge in [-0.25, -0.2) is 5.01 Å². The first-order valence-electron chi connectivity index (χ1n) is 6.42. The summed E-state index contributed by atoms with van der Waals surface area (Å²) in [5, 5.41) is 4.73. The van der Waals surface area contributed by atoms with Crippen molar-refractivity contribution in [1.82, 2.24) is 15.2 Å². The van der Waals surface area contributed by atoms with Gasteiger partial charge in [-0.1, -0.05) is 0 Å². The number of hydrazine groups is 1. The van der Waals surface area contributed by atoms with Gasteiger partial charge >= 0.3 is 0 Å². The molecule has 104 valence electrons. The van der Waals surface area contributed by atoms with Gasteiger partial charge in [-0.15, -0.1) is 0 Å². The van der Waals surface area contributed by atoms with E-state index in [0.717, 1.165) is 31.9 Å². The number of amides is 1. The van der Waals surface area contributed by atoms with E-state index in [-0.39, 0.29) is 5.91 Å². The molecular formula is C13H21N5O. The lowest BCUT2D eigenvalue weighted by atomic mass is 10.1. The Hall–Kier alpha value is -1.79. The van der Waals surface area contributed by atoms with Gasteiger partial charge in [0.05, 0.1) is 11.4 Å². The third-order valence-electron chi connectivity index (χ3n) is 3.32. The van der Waals surface area contributed by atoms with Gasteiger partial charge in [0.25, 0.3) is 5.91 Å². The lowest BCUT2D eigenvalue weighted by Crippen LogP contribution is -2.47. The standard InChI is InChI=1S/C13H21N5O/c1-15-13(19)10-3-4-11(14)12(9-10)16-18-7-5-17(2)6-8-18/h3-4,9,16H,5-8,14H2,1-2H3,(H,15,19). The molecule has 6 nitrogen and oxygen atoms in total. The predicted molar refractivity (Wildman–Crippen MR) is 76.9 cm³/mol. The molecule has 0 saturated carbocycles. The van der Waals surface area contributed by atoms with Crippen molar-refractivity contribution in [1.29, 1.82) is 0 Å². The lowest BCUT2D eigenvalue weighted by molar-refractivity contribution is 0.0963. The average molecular weight is 263 g/mol. The lowest BCUT2D eigenvalue weighted by Gasteiger charge is -2.33. The van der Waals surface area contributed by atoms with Crippen LogP contribution in [0.1, 0.15) is 10.4 Å². The van der Waals surface area contributed by atoms with Crippen LogP contribution in [0.2, 0.25) is 0 Å². The first-order chi connectivity index (χ1) is 9.10. The molecule has 1 aromatic rings. The molecule has 2 rings (SSSR count). The summed E-state index contributed by atoms with van der Waals surface area (Å²) in [6, 6.07) is 5.26. The second-order valence-electron chi connectivity index (χ2n) is 4.78. The molecule has 1 saturated heterocycles. The molecule has 0 aliphatic carbocycles. The Morgan fingerprint density at radius 1 is 1.26 bits per heavy atom. The quantitative estimate of drug-likeness (QED) is 0.680. The molecule has 0 bridgehead atoms. The van der Waals surface area contributed by atoms with Gasteiger partial charge in [0.15, 0.2) is 0 Å². The van der Waals surface area contributed by atoms with Crippen molar-refractivity contribution in [3.8, 4) is 0 Å². The molecule has 1 heterocycles. The number of nitrogen functional groups attached to an aromatic ring is 1. The van der Waals surface area contributed by atoms with Crippen LogP contribution in [-0.2, 0) is 0 Å². The van der Waals surface area contributed by atoms with Crippen LogP contribution in [0.4, 0.5) is 11.4 Å². The van der Waals surface area contributed by atoms with Crippen molar-refractivity contribution in [3.05, 3.63) is 23.8 Å². The number of nitrogens with two attached hydrogens (primary N) is 1. The van der Waals surface area contributed by atoms with Crippen molar-refractivity contribution in [3.63, 3.8) is 0 Å². The molecule has 1 aromatic carbocycles. The maximum atomic E-state index is 11.6. The van der Waals surface area contributed by atoms with Gasteiger partial charge in [-0.2, -0.15) is 0 Å². The summed E-state index contributed by atoms with van der Waals surface area (Å²) in [4.78, 5) is 13.9. The fraction of sp³-hybridized carbons (Fsp3) is 0.462. The molecule has 6 heteroatoms. The average Bonchev–Trinajstić information content (AvgIpc) is 2.43. The van der Waals surface area contributed by atoms with E-state index >= 15 is 0 Å². The van der Waals surface area contributed by atoms with Gasteiger partial charge in [-0.3, -0.25) is 4.79 Å². The number of benzene rings is 1. The second-order valence-corrected chi connectivity index (χ2v) is 4.78. The van der Waals surface area contributed by atoms with Crippen LogP contribution in [0.25, 0.3) is 0 Å². The van der Waals surface area contributed by atoms with E-state index in [0.29, 0.717) is 11.3 Å². The molecule has 1 aliphatic heterocycles. The number of hydrogen-bond donors (Lipinski definition) is 3. The molecule has 1 amide bonds. The fourth-order valence-electron chi connectivity index (χ4n) is 2.03. The zero-order valence-electron chi connectivity index (χ0n) is 11.4. The normalized spacial score (nSPS) is 17.2. The first-order valence-corrected chi connectivity index (χ1v) is 6.42. The van der Waals surface area contributed by atoms with Crippen LogP contribution < -0.4 is 16.5 Å². The molecule has 0 aromatic heterocycles. The number of carbonyl (C=O) groups excluding carboxylic acids is 1. The summed E-state index contributed by atoms with van der Waals surface area (Å²) in [6.45, 7) is 3.89. The Bertz CT molecular complexity index is 454. The van der Waals surface area contributed by atoms with Crippen LogP contribution in [-0.4, -0.2) is 56.1 Å². The number of anilines is 2. The molecule has 0 spiro atoms. The highest BCUT2D eigenvalue weighted by Crippen LogP contribution is 2.21. The van der Waals surface area contributed by atoms with E-state index in [9.17, 15) is 4.79 Å². The molecule has 1 fully saturated rings. The number of likely N-dealkylation sites (N-methyl/N-ethyl adjacent to an activating group) is 1. The topological polar surface area (TPSA) is 73.6 Å². The molecule has 0 atom stereocenters. The van der Waals surface area contributed by atoms with Crippen molar-refractivity contribution < 1.29 is 4.79 Å². The predicted octanol–water partition coefficient (Wildman–Crippen LogP) is 0.203. The van der Waals surface area contributed by atoms with E-state index in [1.54, 1.807) is 25.2 Å². The highest BCUT2D eigenvalue weighted by atomic mass is 16.1. The minimum Gasteiger partial charge on any atom is -0.397 e. The smallest absolute Gasteiger partial charge is 0.251 e. The van der Waals surface area contributed by atoms with Crippen molar-refractivity contribution in [2.24, 2.45) is 0 Å². The molecule has 19 heavy (non-hydrogen) atoms. The van der Waals surface area contributed by atoms with Gasteiger partial charge in [0, 0.05) is 38.8 Å². The highest BCUT2D eigenvalue weighted by molar-refractivity contribution is 5.95. The summed E-state index contributed by atoms with van der Waals surface area (Å²) < 4.78 is 0. The molecule has 1 aliphatic rings. The van der Waals surface area contributed by atoms with E-state index in [4.69, 9.17) is 5.73 Å². The maximum absolute atomic E-state index is 11.6. The van der Waals surface area contributed by atoms with E-state index in [1.165, 1.54) is 0 Å². The molecular weight excluding hydrogens is 242 g/mol. The summed E-state index contributed by atoms with van der Waals surface area (Å²) in [7, 11) is 3.73. The SMILES string of the molecule is CNC(=O)c1ccc(N)c(NN2CCN(C)CC2)c1. The Kier molecular flexibility index (Phi) is 4.24. The van der Waals surface area contributed by atoms with E-state index < -0.39 is 0 Å². The second kappa shape index (κ2) is 5.90. The first kappa shape index (κ1) is 13.6. The van der Waals surface area contributed by atoms with E-state index in [1.807, 2.05) is 0 Å². The van der Waals surface area contributed by atoms with Crippen molar-refractivity contribution >= 4 is 17.3 Å². The number of nitrogens with zero attached hydrogens (tertiary/aromatic N) is 2. The summed E-state index contributed by atoms with van der Waals surface area (Å²) in [5.41, 5.74) is 11.3. The zero-order chi connectivity index (χ0) is 13.8. The number of piperazine rings is 1. The summed E-state index contributed by atoms with van der Waals surface area (Å²) in [5.74, 6) is -0.110. The zero-order valence-corrected chi connectivity index (χ0v) is 11.4. The van der Waals surface area contributed by atoms with Gasteiger partial charge < -0.3 is 21.4 Å². The van der Waals surface area contributed by atoms with Gasteiger partial charge in [0.2, 0.25) is 0 Å². The third-order valence-corrected chi connectivity index (χ3v) is 3.32. The van der Waals surface area contributed by atoms with Crippen LogP contribution in [0.5, 0.6) is 0 Å². The number of rotatable bonds is 3. The largest absolute Gasteiger partial charge is 0.397 e. The van der Waals surface area contributed by atoms with E-state index in [2.05, 4.69) is 27.7 Å². The molecule has 0 unspecified atom stereocenters. The fourth-order valence-corrected chi connectivity index (χ4v) is 2.03. The van der Waals surface area contributed by atoms with Crippen LogP contribution in [0, 0.1) is 0 Å². The van der Waals surface area contributed by atoms with Crippen LogP contribution >= 0.6 is 0 Å². The Balaban J connectivity index is 2.08. The summed E-state index contributed by atoms with van der Waals surface area (Å²) >= 11 is 0. The number of carbonyl (C=O) groups is 1. The van der Waals surface area contributed by atoms with Crippen LogP contribution in [0.3, 0.4) is 0 Å². The Morgan fingerprint density at radius 2 is 1.95 bits per heavy atom. The Labute approximate surface area is 113 Å². The molecule has 0 radical (unpaired) electrons. The van der Waals surface area contributed by atoms with Crippen molar-refractivity contribution in [2.45, 2.75) is 0 Å². The minimum atomic E-state index is -0.110. The minimum absolute atomic E-state index is 0.110. The number of hydrogen-bond acceptors (Lipinski definition) is 5. The van der Waals surface area contributed by atoms with Crippen molar-refractivity contribution in [2.75, 3.05) is 51.4 Å².